The quantitative estimate of drug-likeness (QED) is 0.383. The second-order valence-electron chi connectivity index (χ2n) is 6.06. The summed E-state index contributed by atoms with van der Waals surface area (Å²) < 4.78 is 11.3. The molecular formula is C18H30IN3O2. The number of hydrogen-bond acceptors (Lipinski definition) is 3. The van der Waals surface area contributed by atoms with Gasteiger partial charge in [0.05, 0.1) is 12.7 Å². The zero-order valence-electron chi connectivity index (χ0n) is 14.9. The predicted molar refractivity (Wildman–Crippen MR) is 109 cm³/mol. The van der Waals surface area contributed by atoms with Gasteiger partial charge in [-0.25, -0.2) is 0 Å². The predicted octanol–water partition coefficient (Wildman–Crippen LogP) is 3.33. The maximum Gasteiger partial charge on any atom is 0.191 e. The Kier molecular flexibility index (Phi) is 10.1. The standard InChI is InChI=1S/C18H29N3O2.HI/c1-14(13-22-3)21-18(19-2)20-12-15-8-4-7-11-17(15)23-16-9-5-6-10-16;/h4,7-8,11,14,16H,5-6,9-10,12-13H2,1-3H3,(H2,19,20,21);1H. The highest BCUT2D eigenvalue weighted by Crippen LogP contribution is 2.26. The molecule has 1 saturated carbocycles. The van der Waals surface area contributed by atoms with Crippen molar-refractivity contribution in [2.75, 3.05) is 20.8 Å². The summed E-state index contributed by atoms with van der Waals surface area (Å²) in [7, 11) is 3.47. The summed E-state index contributed by atoms with van der Waals surface area (Å²) in [5.41, 5.74) is 1.15. The molecule has 1 aromatic rings. The summed E-state index contributed by atoms with van der Waals surface area (Å²) in [5.74, 6) is 1.75. The molecule has 1 aromatic carbocycles. The average Bonchev–Trinajstić information content (AvgIpc) is 3.06. The second kappa shape index (κ2) is 11.5. The number of rotatable bonds is 7. The van der Waals surface area contributed by atoms with Gasteiger partial charge >= 0.3 is 0 Å². The molecule has 6 heteroatoms. The maximum atomic E-state index is 6.17. The molecule has 0 amide bonds. The van der Waals surface area contributed by atoms with Gasteiger partial charge in [0.1, 0.15) is 5.75 Å². The Balaban J connectivity index is 0.00000288. The minimum Gasteiger partial charge on any atom is -0.490 e. The number of nitrogens with one attached hydrogen (secondary N) is 2. The Morgan fingerprint density at radius 2 is 2.00 bits per heavy atom. The Hall–Kier alpha value is -1.02. The van der Waals surface area contributed by atoms with E-state index < -0.39 is 0 Å². The lowest BCUT2D eigenvalue weighted by atomic mass is 10.2. The van der Waals surface area contributed by atoms with Gasteiger partial charge in [0.2, 0.25) is 0 Å². The number of ether oxygens (including phenoxy) is 2. The summed E-state index contributed by atoms with van der Waals surface area (Å²) in [6.07, 6.45) is 5.26. The third kappa shape index (κ3) is 6.84. The van der Waals surface area contributed by atoms with Crippen molar-refractivity contribution in [3.63, 3.8) is 0 Å². The van der Waals surface area contributed by atoms with Crippen LogP contribution in [-0.4, -0.2) is 38.9 Å². The summed E-state index contributed by atoms with van der Waals surface area (Å²) in [6, 6.07) is 8.43. The summed E-state index contributed by atoms with van der Waals surface area (Å²) in [5, 5.41) is 6.65. The van der Waals surface area contributed by atoms with Crippen LogP contribution in [0.5, 0.6) is 5.75 Å². The van der Waals surface area contributed by atoms with E-state index in [4.69, 9.17) is 9.47 Å². The first-order valence-electron chi connectivity index (χ1n) is 8.43. The van der Waals surface area contributed by atoms with Gasteiger partial charge in [-0.3, -0.25) is 4.99 Å². The van der Waals surface area contributed by atoms with Crippen LogP contribution in [0.25, 0.3) is 0 Å². The number of guanidine groups is 1. The molecule has 136 valence electrons. The van der Waals surface area contributed by atoms with E-state index >= 15 is 0 Å². The highest BCUT2D eigenvalue weighted by molar-refractivity contribution is 14.0. The van der Waals surface area contributed by atoms with E-state index in [-0.39, 0.29) is 30.0 Å². The van der Waals surface area contributed by atoms with Crippen LogP contribution in [0.15, 0.2) is 29.3 Å². The highest BCUT2D eigenvalue weighted by Gasteiger charge is 2.17. The van der Waals surface area contributed by atoms with Crippen molar-refractivity contribution in [3.05, 3.63) is 29.8 Å². The van der Waals surface area contributed by atoms with Gasteiger partial charge in [-0.1, -0.05) is 18.2 Å². The fraction of sp³-hybridized carbons (Fsp3) is 0.611. The Labute approximate surface area is 162 Å². The van der Waals surface area contributed by atoms with Crippen LogP contribution in [-0.2, 0) is 11.3 Å². The first-order valence-corrected chi connectivity index (χ1v) is 8.43. The molecule has 1 aliphatic rings. The number of nitrogens with zero attached hydrogens (tertiary/aromatic N) is 1. The Morgan fingerprint density at radius 3 is 2.67 bits per heavy atom. The first kappa shape index (κ1) is 21.0. The van der Waals surface area contributed by atoms with Crippen molar-refractivity contribution in [2.45, 2.75) is 51.3 Å². The lowest BCUT2D eigenvalue weighted by Crippen LogP contribution is -2.43. The molecule has 1 atom stereocenters. The van der Waals surface area contributed by atoms with Crippen LogP contribution in [0, 0.1) is 0 Å². The SMILES string of the molecule is CN=C(NCc1ccccc1OC1CCCC1)NC(C)COC.I. The van der Waals surface area contributed by atoms with Crippen LogP contribution >= 0.6 is 24.0 Å². The van der Waals surface area contributed by atoms with E-state index in [2.05, 4.69) is 34.7 Å². The van der Waals surface area contributed by atoms with E-state index in [1.165, 1.54) is 25.7 Å². The molecule has 24 heavy (non-hydrogen) atoms. The average molecular weight is 447 g/mol. The van der Waals surface area contributed by atoms with Crippen molar-refractivity contribution in [2.24, 2.45) is 4.99 Å². The van der Waals surface area contributed by atoms with Crippen LogP contribution in [0.1, 0.15) is 38.2 Å². The maximum absolute atomic E-state index is 6.17. The minimum absolute atomic E-state index is 0. The van der Waals surface area contributed by atoms with Gasteiger partial charge in [-0.2, -0.15) is 0 Å². The molecule has 0 spiro atoms. The minimum atomic E-state index is 0. The molecule has 2 rings (SSSR count). The van der Waals surface area contributed by atoms with Crippen molar-refractivity contribution in [1.29, 1.82) is 0 Å². The molecule has 2 N–H and O–H groups in total. The third-order valence-corrected chi connectivity index (χ3v) is 4.04. The number of hydrogen-bond donors (Lipinski definition) is 2. The summed E-state index contributed by atoms with van der Waals surface area (Å²) >= 11 is 0. The van der Waals surface area contributed by atoms with Gasteiger partial charge in [-0.05, 0) is 38.7 Å². The zero-order chi connectivity index (χ0) is 16.5. The molecule has 0 saturated heterocycles. The van der Waals surface area contributed by atoms with Crippen LogP contribution in [0.3, 0.4) is 0 Å². The molecule has 5 nitrogen and oxygen atoms in total. The van der Waals surface area contributed by atoms with Crippen molar-refractivity contribution in [3.8, 4) is 5.75 Å². The number of benzene rings is 1. The van der Waals surface area contributed by atoms with E-state index in [0.717, 1.165) is 17.3 Å². The largest absolute Gasteiger partial charge is 0.490 e. The molecule has 0 radical (unpaired) electrons. The molecule has 1 unspecified atom stereocenters. The zero-order valence-corrected chi connectivity index (χ0v) is 17.2. The number of para-hydroxylation sites is 1. The molecule has 0 heterocycles. The smallest absolute Gasteiger partial charge is 0.191 e. The van der Waals surface area contributed by atoms with Crippen molar-refractivity contribution >= 4 is 29.9 Å². The molecular weight excluding hydrogens is 417 g/mol. The lowest BCUT2D eigenvalue weighted by Gasteiger charge is -2.19. The first-order chi connectivity index (χ1) is 11.2. The summed E-state index contributed by atoms with van der Waals surface area (Å²) in [4.78, 5) is 4.26. The van der Waals surface area contributed by atoms with Gasteiger partial charge < -0.3 is 20.1 Å². The molecule has 1 aliphatic carbocycles. The fourth-order valence-electron chi connectivity index (χ4n) is 2.85. The van der Waals surface area contributed by atoms with Crippen molar-refractivity contribution in [1.82, 2.24) is 10.6 Å². The topological polar surface area (TPSA) is 54.9 Å². The molecule has 1 fully saturated rings. The van der Waals surface area contributed by atoms with E-state index in [9.17, 15) is 0 Å². The van der Waals surface area contributed by atoms with Crippen molar-refractivity contribution < 1.29 is 9.47 Å². The second-order valence-corrected chi connectivity index (χ2v) is 6.06. The summed E-state index contributed by atoms with van der Waals surface area (Å²) in [6.45, 7) is 3.39. The monoisotopic (exact) mass is 447 g/mol. The van der Waals surface area contributed by atoms with Gasteiger partial charge in [-0.15, -0.1) is 24.0 Å². The third-order valence-electron chi connectivity index (χ3n) is 4.04. The van der Waals surface area contributed by atoms with Gasteiger partial charge in [0.25, 0.3) is 0 Å². The fourth-order valence-corrected chi connectivity index (χ4v) is 2.85. The highest BCUT2D eigenvalue weighted by atomic mass is 127. The van der Waals surface area contributed by atoms with Crippen LogP contribution in [0.2, 0.25) is 0 Å². The molecule has 0 aliphatic heterocycles. The van der Waals surface area contributed by atoms with Crippen LogP contribution in [0.4, 0.5) is 0 Å². The Bertz CT molecular complexity index is 505. The van der Waals surface area contributed by atoms with Gasteiger partial charge in [0.15, 0.2) is 5.96 Å². The normalized spacial score (nSPS) is 16.4. The van der Waals surface area contributed by atoms with E-state index in [1.807, 2.05) is 12.1 Å². The van der Waals surface area contributed by atoms with Crippen LogP contribution < -0.4 is 15.4 Å². The molecule has 0 bridgehead atoms. The van der Waals surface area contributed by atoms with E-state index in [1.54, 1.807) is 14.2 Å². The number of halogens is 1. The Morgan fingerprint density at radius 1 is 1.29 bits per heavy atom. The van der Waals surface area contributed by atoms with E-state index in [0.29, 0.717) is 19.3 Å². The van der Waals surface area contributed by atoms with Gasteiger partial charge in [0, 0.05) is 32.3 Å². The number of methoxy groups -OCH3 is 1. The lowest BCUT2D eigenvalue weighted by molar-refractivity contribution is 0.179. The molecule has 0 aromatic heterocycles. The number of aliphatic imine (C=N–C) groups is 1.